The second-order valence-corrected chi connectivity index (χ2v) is 3.18. The van der Waals surface area contributed by atoms with E-state index in [1.54, 1.807) is 19.2 Å². The molecule has 0 fully saturated rings. The first-order valence-corrected chi connectivity index (χ1v) is 4.43. The van der Waals surface area contributed by atoms with Crippen molar-refractivity contribution in [3.8, 4) is 0 Å². The molecule has 64 valence electrons. The number of rotatable bonds is 2. The summed E-state index contributed by atoms with van der Waals surface area (Å²) in [7, 11) is 0. The van der Waals surface area contributed by atoms with E-state index in [0.29, 0.717) is 12.2 Å². The molecule has 1 heterocycles. The molecule has 3 nitrogen and oxygen atoms in total. The zero-order valence-electron chi connectivity index (χ0n) is 6.67. The minimum absolute atomic E-state index is 0.0233. The molecule has 0 aliphatic heterocycles. The summed E-state index contributed by atoms with van der Waals surface area (Å²) < 4.78 is 0.900. The van der Waals surface area contributed by atoms with Gasteiger partial charge in [0, 0.05) is 17.1 Å². The highest BCUT2D eigenvalue weighted by Crippen LogP contribution is 2.10. The third-order valence-electron chi connectivity index (χ3n) is 1.32. The van der Waals surface area contributed by atoms with Gasteiger partial charge in [-0.25, -0.2) is 4.98 Å². The van der Waals surface area contributed by atoms with Crippen molar-refractivity contribution in [2.45, 2.75) is 13.3 Å². The number of halogens is 1. The maximum atomic E-state index is 10.9. The third kappa shape index (κ3) is 2.62. The number of carbonyl (C=O) groups excluding carboxylic acids is 1. The normalized spacial score (nSPS) is 9.50. The lowest BCUT2D eigenvalue weighted by Gasteiger charge is -2.00. The predicted octanol–water partition coefficient (Wildman–Crippen LogP) is 2.19. The van der Waals surface area contributed by atoms with Crippen LogP contribution in [-0.4, -0.2) is 10.9 Å². The number of nitrogens with one attached hydrogen (secondary N) is 1. The molecule has 1 N–H and O–H groups in total. The van der Waals surface area contributed by atoms with Gasteiger partial charge < -0.3 is 5.32 Å². The summed E-state index contributed by atoms with van der Waals surface area (Å²) in [5.41, 5.74) is 0. The minimum atomic E-state index is -0.0233. The quantitative estimate of drug-likeness (QED) is 0.844. The van der Waals surface area contributed by atoms with Gasteiger partial charge in [-0.15, -0.1) is 0 Å². The van der Waals surface area contributed by atoms with E-state index in [0.717, 1.165) is 4.47 Å². The molecule has 4 heteroatoms. The van der Waals surface area contributed by atoms with Crippen molar-refractivity contribution < 1.29 is 4.79 Å². The summed E-state index contributed by atoms with van der Waals surface area (Å²) in [6, 6.07) is 3.58. The van der Waals surface area contributed by atoms with Crippen LogP contribution in [0, 0.1) is 0 Å². The molecule has 0 unspecified atom stereocenters. The zero-order valence-corrected chi connectivity index (χ0v) is 8.26. The SMILES string of the molecule is CCC(=O)Nc1ccc(Br)cn1. The summed E-state index contributed by atoms with van der Waals surface area (Å²) in [5.74, 6) is 0.565. The van der Waals surface area contributed by atoms with Crippen LogP contribution in [0.3, 0.4) is 0 Å². The highest BCUT2D eigenvalue weighted by Gasteiger charge is 1.98. The molecule has 1 aromatic rings. The maximum Gasteiger partial charge on any atom is 0.225 e. The molecular formula is C8H9BrN2O. The molecule has 0 aromatic carbocycles. The van der Waals surface area contributed by atoms with E-state index in [1.165, 1.54) is 0 Å². The molecule has 1 amide bonds. The van der Waals surface area contributed by atoms with Crippen molar-refractivity contribution in [3.05, 3.63) is 22.8 Å². The van der Waals surface area contributed by atoms with E-state index in [1.807, 2.05) is 6.07 Å². The van der Waals surface area contributed by atoms with Gasteiger partial charge >= 0.3 is 0 Å². The van der Waals surface area contributed by atoms with Crippen LogP contribution < -0.4 is 5.32 Å². The molecule has 0 radical (unpaired) electrons. The first-order chi connectivity index (χ1) is 5.72. The average molecular weight is 229 g/mol. The number of amides is 1. The van der Waals surface area contributed by atoms with Gasteiger partial charge in [-0.3, -0.25) is 4.79 Å². The molecule has 0 atom stereocenters. The highest BCUT2D eigenvalue weighted by molar-refractivity contribution is 9.10. The first kappa shape index (κ1) is 9.19. The third-order valence-corrected chi connectivity index (χ3v) is 1.79. The van der Waals surface area contributed by atoms with Crippen LogP contribution >= 0.6 is 15.9 Å². The molecule has 1 rings (SSSR count). The fourth-order valence-corrected chi connectivity index (χ4v) is 0.916. The Balaban J connectivity index is 2.64. The topological polar surface area (TPSA) is 42.0 Å². The molecule has 0 saturated heterocycles. The number of hydrogen-bond donors (Lipinski definition) is 1. The van der Waals surface area contributed by atoms with E-state index in [2.05, 4.69) is 26.2 Å². The van der Waals surface area contributed by atoms with Crippen LogP contribution in [-0.2, 0) is 4.79 Å². The van der Waals surface area contributed by atoms with Crippen molar-refractivity contribution in [2.75, 3.05) is 5.32 Å². The Hall–Kier alpha value is -0.900. The number of carbonyl (C=O) groups is 1. The highest BCUT2D eigenvalue weighted by atomic mass is 79.9. The smallest absolute Gasteiger partial charge is 0.225 e. The predicted molar refractivity (Wildman–Crippen MR) is 50.9 cm³/mol. The van der Waals surface area contributed by atoms with Crippen LogP contribution in [0.4, 0.5) is 5.82 Å². The lowest BCUT2D eigenvalue weighted by molar-refractivity contribution is -0.115. The van der Waals surface area contributed by atoms with Gasteiger partial charge in [0.2, 0.25) is 5.91 Å². The van der Waals surface area contributed by atoms with Crippen LogP contribution in [0.15, 0.2) is 22.8 Å². The Bertz CT molecular complexity index is 271. The molecule has 1 aromatic heterocycles. The second kappa shape index (κ2) is 4.21. The number of aromatic nitrogens is 1. The van der Waals surface area contributed by atoms with Crippen molar-refractivity contribution in [3.63, 3.8) is 0 Å². The van der Waals surface area contributed by atoms with Crippen molar-refractivity contribution in [2.24, 2.45) is 0 Å². The largest absolute Gasteiger partial charge is 0.311 e. The number of anilines is 1. The molecule has 0 spiro atoms. The second-order valence-electron chi connectivity index (χ2n) is 2.26. The van der Waals surface area contributed by atoms with Crippen LogP contribution in [0.25, 0.3) is 0 Å². The minimum Gasteiger partial charge on any atom is -0.311 e. The van der Waals surface area contributed by atoms with E-state index >= 15 is 0 Å². The number of hydrogen-bond acceptors (Lipinski definition) is 2. The van der Waals surface area contributed by atoms with E-state index < -0.39 is 0 Å². The molecule has 0 aliphatic carbocycles. The summed E-state index contributed by atoms with van der Waals surface area (Å²) in [5, 5.41) is 2.65. The average Bonchev–Trinajstić information content (AvgIpc) is 2.09. The summed E-state index contributed by atoms with van der Waals surface area (Å²) in [6.45, 7) is 1.80. The van der Waals surface area contributed by atoms with Crippen molar-refractivity contribution >= 4 is 27.7 Å². The number of nitrogens with zero attached hydrogens (tertiary/aromatic N) is 1. The van der Waals surface area contributed by atoms with Crippen LogP contribution in [0.1, 0.15) is 13.3 Å². The Morgan fingerprint density at radius 3 is 2.92 bits per heavy atom. The molecule has 0 aliphatic rings. The van der Waals surface area contributed by atoms with Crippen LogP contribution in [0.2, 0.25) is 0 Å². The van der Waals surface area contributed by atoms with Gasteiger partial charge in [-0.1, -0.05) is 6.92 Å². The maximum absolute atomic E-state index is 10.9. The lowest BCUT2D eigenvalue weighted by atomic mass is 10.4. The van der Waals surface area contributed by atoms with E-state index in [4.69, 9.17) is 0 Å². The number of pyridine rings is 1. The van der Waals surface area contributed by atoms with Gasteiger partial charge in [0.1, 0.15) is 5.82 Å². The fourth-order valence-electron chi connectivity index (χ4n) is 0.681. The van der Waals surface area contributed by atoms with Gasteiger partial charge in [-0.05, 0) is 28.1 Å². The van der Waals surface area contributed by atoms with Gasteiger partial charge in [0.05, 0.1) is 0 Å². The first-order valence-electron chi connectivity index (χ1n) is 3.63. The Morgan fingerprint density at radius 2 is 2.42 bits per heavy atom. The van der Waals surface area contributed by atoms with Gasteiger partial charge in [0.15, 0.2) is 0 Å². The Labute approximate surface area is 79.3 Å². The summed E-state index contributed by atoms with van der Waals surface area (Å²) >= 11 is 3.25. The molecule has 12 heavy (non-hydrogen) atoms. The van der Waals surface area contributed by atoms with Gasteiger partial charge in [-0.2, -0.15) is 0 Å². The Morgan fingerprint density at radius 1 is 1.67 bits per heavy atom. The van der Waals surface area contributed by atoms with Crippen LogP contribution in [0.5, 0.6) is 0 Å². The van der Waals surface area contributed by atoms with Crippen molar-refractivity contribution in [1.29, 1.82) is 0 Å². The summed E-state index contributed by atoms with van der Waals surface area (Å²) in [6.07, 6.45) is 2.11. The van der Waals surface area contributed by atoms with E-state index in [-0.39, 0.29) is 5.91 Å². The van der Waals surface area contributed by atoms with Gasteiger partial charge in [0.25, 0.3) is 0 Å². The monoisotopic (exact) mass is 228 g/mol. The zero-order chi connectivity index (χ0) is 8.97. The lowest BCUT2D eigenvalue weighted by Crippen LogP contribution is -2.10. The van der Waals surface area contributed by atoms with Crippen molar-refractivity contribution in [1.82, 2.24) is 4.98 Å². The fraction of sp³-hybridized carbons (Fsp3) is 0.250. The summed E-state index contributed by atoms with van der Waals surface area (Å²) in [4.78, 5) is 14.9. The molecule has 0 saturated carbocycles. The Kier molecular flexibility index (Phi) is 3.22. The van der Waals surface area contributed by atoms with E-state index in [9.17, 15) is 4.79 Å². The molecular weight excluding hydrogens is 220 g/mol. The standard InChI is InChI=1S/C8H9BrN2O/c1-2-8(12)11-7-4-3-6(9)5-10-7/h3-5H,2H2,1H3,(H,10,11,12). The molecule has 0 bridgehead atoms.